The molecular formula is C9H18N2. The zero-order valence-electron chi connectivity index (χ0n) is 8.18. The van der Waals surface area contributed by atoms with Crippen molar-refractivity contribution in [2.45, 2.75) is 33.2 Å². The quantitative estimate of drug-likeness (QED) is 0.620. The van der Waals surface area contributed by atoms with Crippen LogP contribution in [0.2, 0.25) is 0 Å². The minimum Gasteiger partial charge on any atom is -0.305 e. The predicted molar refractivity (Wildman–Crippen MR) is 47.2 cm³/mol. The summed E-state index contributed by atoms with van der Waals surface area (Å²) >= 11 is 0. The first kappa shape index (κ1) is 10.4. The smallest absolute Gasteiger partial charge is 0.0700 e. The van der Waals surface area contributed by atoms with Crippen LogP contribution in [0.4, 0.5) is 0 Å². The van der Waals surface area contributed by atoms with Crippen LogP contribution in [-0.2, 0) is 0 Å². The van der Waals surface area contributed by atoms with Gasteiger partial charge in [0.1, 0.15) is 0 Å². The molecule has 0 aromatic rings. The third-order valence-electron chi connectivity index (χ3n) is 2.13. The normalized spacial score (nSPS) is 14.6. The molecule has 1 unspecified atom stereocenters. The Hall–Kier alpha value is -0.550. The number of rotatable bonds is 3. The van der Waals surface area contributed by atoms with Crippen LogP contribution in [0, 0.1) is 16.7 Å². The number of hydrogen-bond acceptors (Lipinski definition) is 2. The van der Waals surface area contributed by atoms with E-state index >= 15 is 0 Å². The van der Waals surface area contributed by atoms with E-state index in [4.69, 9.17) is 5.26 Å². The summed E-state index contributed by atoms with van der Waals surface area (Å²) in [5.41, 5.74) is -0.238. The van der Waals surface area contributed by atoms with Crippen molar-refractivity contribution in [2.24, 2.45) is 5.41 Å². The largest absolute Gasteiger partial charge is 0.305 e. The molecule has 0 rings (SSSR count). The van der Waals surface area contributed by atoms with Gasteiger partial charge in [0.05, 0.1) is 11.5 Å². The van der Waals surface area contributed by atoms with E-state index in [-0.39, 0.29) is 5.41 Å². The Bertz CT molecular complexity index is 153. The monoisotopic (exact) mass is 154 g/mol. The molecule has 0 aromatic heterocycles. The summed E-state index contributed by atoms with van der Waals surface area (Å²) in [5.74, 6) is 0. The second-order valence-electron chi connectivity index (χ2n) is 3.72. The molecule has 11 heavy (non-hydrogen) atoms. The zero-order valence-corrected chi connectivity index (χ0v) is 8.18. The Balaban J connectivity index is 4.39. The molecule has 0 spiro atoms. The number of nitrogens with zero attached hydrogens (tertiary/aromatic N) is 2. The summed E-state index contributed by atoms with van der Waals surface area (Å²) in [6.45, 7) is 6.09. The van der Waals surface area contributed by atoms with Gasteiger partial charge in [-0.25, -0.2) is 0 Å². The van der Waals surface area contributed by atoms with Gasteiger partial charge in [-0.05, 0) is 34.4 Å². The summed E-state index contributed by atoms with van der Waals surface area (Å²) in [6.07, 6.45) is 1.02. The highest BCUT2D eigenvalue weighted by Gasteiger charge is 2.29. The van der Waals surface area contributed by atoms with Crippen molar-refractivity contribution in [2.75, 3.05) is 14.1 Å². The van der Waals surface area contributed by atoms with Crippen LogP contribution in [0.15, 0.2) is 0 Å². The highest BCUT2D eigenvalue weighted by Crippen LogP contribution is 2.24. The molecule has 0 bridgehead atoms. The molecular weight excluding hydrogens is 136 g/mol. The Morgan fingerprint density at radius 3 is 2.00 bits per heavy atom. The standard InChI is InChI=1S/C9H18N2/c1-6-8(11(4)5)9(2,3)7-10/h8H,6H2,1-5H3. The van der Waals surface area contributed by atoms with Gasteiger partial charge in [-0.3, -0.25) is 0 Å². The van der Waals surface area contributed by atoms with Crippen LogP contribution in [0.3, 0.4) is 0 Å². The molecule has 2 nitrogen and oxygen atoms in total. The average Bonchev–Trinajstić information content (AvgIpc) is 1.88. The molecule has 64 valence electrons. The van der Waals surface area contributed by atoms with Gasteiger partial charge in [-0.15, -0.1) is 0 Å². The van der Waals surface area contributed by atoms with Gasteiger partial charge < -0.3 is 4.90 Å². The first-order chi connectivity index (χ1) is 4.95. The van der Waals surface area contributed by atoms with E-state index in [1.807, 2.05) is 27.9 Å². The third-order valence-corrected chi connectivity index (χ3v) is 2.13. The van der Waals surface area contributed by atoms with E-state index in [9.17, 15) is 0 Å². The first-order valence-electron chi connectivity index (χ1n) is 4.03. The van der Waals surface area contributed by atoms with Crippen LogP contribution in [0.5, 0.6) is 0 Å². The maximum atomic E-state index is 8.87. The number of hydrogen-bond donors (Lipinski definition) is 0. The van der Waals surface area contributed by atoms with Crippen molar-refractivity contribution in [1.82, 2.24) is 4.90 Å². The molecule has 0 amide bonds. The van der Waals surface area contributed by atoms with Crippen LogP contribution in [0.1, 0.15) is 27.2 Å². The fourth-order valence-corrected chi connectivity index (χ4v) is 1.60. The van der Waals surface area contributed by atoms with Gasteiger partial charge in [0, 0.05) is 6.04 Å². The lowest BCUT2D eigenvalue weighted by molar-refractivity contribution is 0.177. The summed E-state index contributed by atoms with van der Waals surface area (Å²) in [6, 6.07) is 2.69. The highest BCUT2D eigenvalue weighted by atomic mass is 15.1. The van der Waals surface area contributed by atoms with E-state index in [0.29, 0.717) is 6.04 Å². The number of nitriles is 1. The lowest BCUT2D eigenvalue weighted by Crippen LogP contribution is -2.39. The van der Waals surface area contributed by atoms with Crippen molar-refractivity contribution in [3.8, 4) is 6.07 Å². The van der Waals surface area contributed by atoms with Crippen molar-refractivity contribution < 1.29 is 0 Å². The van der Waals surface area contributed by atoms with E-state index in [1.54, 1.807) is 0 Å². The Morgan fingerprint density at radius 1 is 1.45 bits per heavy atom. The molecule has 0 radical (unpaired) electrons. The lowest BCUT2D eigenvalue weighted by atomic mass is 9.84. The Morgan fingerprint density at radius 2 is 1.91 bits per heavy atom. The topological polar surface area (TPSA) is 27.0 Å². The fraction of sp³-hybridized carbons (Fsp3) is 0.889. The SMILES string of the molecule is CCC(N(C)C)C(C)(C)C#N. The van der Waals surface area contributed by atoms with Gasteiger partial charge in [0.2, 0.25) is 0 Å². The van der Waals surface area contributed by atoms with E-state index in [2.05, 4.69) is 17.9 Å². The maximum Gasteiger partial charge on any atom is 0.0700 e. The van der Waals surface area contributed by atoms with Crippen LogP contribution in [0.25, 0.3) is 0 Å². The molecule has 0 aliphatic rings. The van der Waals surface area contributed by atoms with Crippen LogP contribution >= 0.6 is 0 Å². The first-order valence-corrected chi connectivity index (χ1v) is 4.03. The van der Waals surface area contributed by atoms with Crippen molar-refractivity contribution in [3.63, 3.8) is 0 Å². The van der Waals surface area contributed by atoms with Crippen molar-refractivity contribution >= 4 is 0 Å². The highest BCUT2D eigenvalue weighted by molar-refractivity contribution is 4.99. The van der Waals surface area contributed by atoms with Gasteiger partial charge in [-0.2, -0.15) is 5.26 Å². The minimum atomic E-state index is -0.238. The molecule has 2 heteroatoms. The molecule has 0 aliphatic carbocycles. The summed E-state index contributed by atoms with van der Waals surface area (Å²) in [4.78, 5) is 2.11. The molecule has 0 saturated heterocycles. The van der Waals surface area contributed by atoms with Gasteiger partial charge in [0.15, 0.2) is 0 Å². The van der Waals surface area contributed by atoms with E-state index in [0.717, 1.165) is 6.42 Å². The predicted octanol–water partition coefficient (Wildman–Crippen LogP) is 1.88. The van der Waals surface area contributed by atoms with Gasteiger partial charge in [-0.1, -0.05) is 6.92 Å². The van der Waals surface area contributed by atoms with Crippen LogP contribution < -0.4 is 0 Å². The molecule has 0 N–H and O–H groups in total. The lowest BCUT2D eigenvalue weighted by Gasteiger charge is -2.32. The van der Waals surface area contributed by atoms with Crippen molar-refractivity contribution in [1.29, 1.82) is 5.26 Å². The van der Waals surface area contributed by atoms with E-state index < -0.39 is 0 Å². The molecule has 0 aliphatic heterocycles. The van der Waals surface area contributed by atoms with Crippen LogP contribution in [-0.4, -0.2) is 25.0 Å². The minimum absolute atomic E-state index is 0.238. The maximum absolute atomic E-state index is 8.87. The molecule has 1 atom stereocenters. The molecule has 0 saturated carbocycles. The second kappa shape index (κ2) is 3.73. The van der Waals surface area contributed by atoms with Gasteiger partial charge in [0.25, 0.3) is 0 Å². The third kappa shape index (κ3) is 2.51. The van der Waals surface area contributed by atoms with Crippen molar-refractivity contribution in [3.05, 3.63) is 0 Å². The fourth-order valence-electron chi connectivity index (χ4n) is 1.60. The molecule has 0 aromatic carbocycles. The van der Waals surface area contributed by atoms with E-state index in [1.165, 1.54) is 0 Å². The molecule has 0 heterocycles. The zero-order chi connectivity index (χ0) is 9.07. The summed E-state index contributed by atoms with van der Waals surface area (Å²) in [7, 11) is 4.04. The Labute approximate surface area is 69.8 Å². The molecule has 0 fully saturated rings. The van der Waals surface area contributed by atoms with Gasteiger partial charge >= 0.3 is 0 Å². The summed E-state index contributed by atoms with van der Waals surface area (Å²) in [5, 5.41) is 8.87. The average molecular weight is 154 g/mol. The second-order valence-corrected chi connectivity index (χ2v) is 3.72. The Kier molecular flexibility index (Phi) is 3.54. The summed E-state index contributed by atoms with van der Waals surface area (Å²) < 4.78 is 0.